The summed E-state index contributed by atoms with van der Waals surface area (Å²) in [6.07, 6.45) is 0. The van der Waals surface area contributed by atoms with Gasteiger partial charge in [0, 0.05) is 16.7 Å². The lowest BCUT2D eigenvalue weighted by molar-refractivity contribution is 0.0910. The average molecular weight is 373 g/mol. The molecule has 0 saturated carbocycles. The van der Waals surface area contributed by atoms with Crippen molar-refractivity contribution in [3.63, 3.8) is 0 Å². The van der Waals surface area contributed by atoms with Gasteiger partial charge in [0.25, 0.3) is 15.0 Å². The number of benzene rings is 1. The summed E-state index contributed by atoms with van der Waals surface area (Å²) in [4.78, 5) is 12.0. The van der Waals surface area contributed by atoms with Gasteiger partial charge in [-0.25, -0.2) is 8.42 Å². The van der Waals surface area contributed by atoms with Crippen LogP contribution in [0.1, 0.15) is 38.1 Å². The molecular formula is C13H16Cl3NO3S. The molecule has 0 aliphatic carbocycles. The van der Waals surface area contributed by atoms with Gasteiger partial charge in [0.15, 0.2) is 0 Å². The summed E-state index contributed by atoms with van der Waals surface area (Å²) in [5, 5.41) is 2.70. The molecule has 1 N–H and O–H groups in total. The molecule has 1 unspecified atom stereocenters. The van der Waals surface area contributed by atoms with Crippen LogP contribution in [0.5, 0.6) is 0 Å². The molecule has 1 aromatic rings. The van der Waals surface area contributed by atoms with Crippen LogP contribution in [-0.2, 0) is 9.05 Å². The maximum atomic E-state index is 12.3. The van der Waals surface area contributed by atoms with Crippen molar-refractivity contribution in [2.24, 2.45) is 5.41 Å². The van der Waals surface area contributed by atoms with Gasteiger partial charge >= 0.3 is 0 Å². The highest BCUT2D eigenvalue weighted by Crippen LogP contribution is 2.31. The smallest absolute Gasteiger partial charge is 0.261 e. The lowest BCUT2D eigenvalue weighted by atomic mass is 9.88. The van der Waals surface area contributed by atoms with Crippen LogP contribution in [-0.4, -0.2) is 20.4 Å². The standard InChI is InChI=1S/C13H16Cl3NO3S/c1-7(13(2,3)4)17-12(18)9-5-8(21(16,19)20)6-10(14)11(9)15/h5-7H,1-4H3,(H,17,18). The van der Waals surface area contributed by atoms with E-state index < -0.39 is 15.0 Å². The van der Waals surface area contributed by atoms with Crippen molar-refractivity contribution < 1.29 is 13.2 Å². The average Bonchev–Trinajstić information content (AvgIpc) is 2.29. The highest BCUT2D eigenvalue weighted by Gasteiger charge is 2.25. The second-order valence-electron chi connectivity index (χ2n) is 5.77. The van der Waals surface area contributed by atoms with Crippen LogP contribution in [0.2, 0.25) is 10.0 Å². The Hall–Kier alpha value is -0.490. The zero-order valence-electron chi connectivity index (χ0n) is 12.0. The van der Waals surface area contributed by atoms with Crippen LogP contribution in [0.4, 0.5) is 0 Å². The Kier molecular flexibility index (Phi) is 5.59. The summed E-state index contributed by atoms with van der Waals surface area (Å²) in [5.74, 6) is -0.508. The molecule has 1 rings (SSSR count). The van der Waals surface area contributed by atoms with Gasteiger partial charge in [-0.3, -0.25) is 4.79 Å². The minimum atomic E-state index is -4.01. The third-order valence-electron chi connectivity index (χ3n) is 3.17. The lowest BCUT2D eigenvalue weighted by Gasteiger charge is -2.28. The zero-order chi connectivity index (χ0) is 16.6. The van der Waals surface area contributed by atoms with Crippen LogP contribution in [0.3, 0.4) is 0 Å². The van der Waals surface area contributed by atoms with Gasteiger partial charge in [-0.05, 0) is 24.5 Å². The molecule has 0 saturated heterocycles. The maximum absolute atomic E-state index is 12.3. The van der Waals surface area contributed by atoms with E-state index in [0.717, 1.165) is 12.1 Å². The predicted molar refractivity (Wildman–Crippen MR) is 85.9 cm³/mol. The minimum absolute atomic E-state index is 0.0145. The Bertz CT molecular complexity index is 666. The fourth-order valence-corrected chi connectivity index (χ4v) is 2.62. The molecule has 4 nitrogen and oxygen atoms in total. The van der Waals surface area contributed by atoms with Gasteiger partial charge in [-0.15, -0.1) is 0 Å². The van der Waals surface area contributed by atoms with Crippen LogP contribution >= 0.6 is 33.9 Å². The summed E-state index contributed by atoms with van der Waals surface area (Å²) >= 11 is 11.8. The lowest BCUT2D eigenvalue weighted by Crippen LogP contribution is -2.41. The molecule has 0 fully saturated rings. The van der Waals surface area contributed by atoms with Gasteiger partial charge in [0.1, 0.15) is 0 Å². The molecular weight excluding hydrogens is 357 g/mol. The molecule has 1 aromatic carbocycles. The summed E-state index contributed by atoms with van der Waals surface area (Å²) < 4.78 is 22.8. The van der Waals surface area contributed by atoms with Gasteiger partial charge in [-0.1, -0.05) is 44.0 Å². The highest BCUT2D eigenvalue weighted by molar-refractivity contribution is 8.13. The Morgan fingerprint density at radius 3 is 2.19 bits per heavy atom. The molecule has 21 heavy (non-hydrogen) atoms. The Labute approximate surface area is 139 Å². The molecule has 0 aliphatic rings. The molecule has 0 aliphatic heterocycles. The molecule has 0 aromatic heterocycles. The maximum Gasteiger partial charge on any atom is 0.261 e. The summed E-state index contributed by atoms with van der Waals surface area (Å²) in [6, 6.07) is 2.06. The van der Waals surface area contributed by atoms with Gasteiger partial charge in [0.05, 0.1) is 20.5 Å². The first-order valence-corrected chi connectivity index (χ1v) is 9.15. The summed E-state index contributed by atoms with van der Waals surface area (Å²) in [7, 11) is 1.27. The molecule has 0 bridgehead atoms. The quantitative estimate of drug-likeness (QED) is 0.813. The van der Waals surface area contributed by atoms with E-state index in [-0.39, 0.29) is 32.0 Å². The monoisotopic (exact) mass is 371 g/mol. The fraction of sp³-hybridized carbons (Fsp3) is 0.462. The first-order chi connectivity index (χ1) is 9.34. The Morgan fingerprint density at radius 1 is 1.24 bits per heavy atom. The number of carbonyl (C=O) groups excluding carboxylic acids is 1. The molecule has 8 heteroatoms. The predicted octanol–water partition coefficient (Wildman–Crippen LogP) is 4.09. The van der Waals surface area contributed by atoms with E-state index in [1.54, 1.807) is 0 Å². The second kappa shape index (κ2) is 6.32. The third kappa shape index (κ3) is 4.74. The van der Waals surface area contributed by atoms with Crippen molar-refractivity contribution in [2.75, 3.05) is 0 Å². The number of halogens is 3. The topological polar surface area (TPSA) is 63.2 Å². The number of amides is 1. The van der Waals surface area contributed by atoms with Crippen LogP contribution in [0.25, 0.3) is 0 Å². The number of rotatable bonds is 3. The number of nitrogens with one attached hydrogen (secondary N) is 1. The van der Waals surface area contributed by atoms with Crippen LogP contribution in [0, 0.1) is 5.41 Å². The van der Waals surface area contributed by atoms with Crippen molar-refractivity contribution in [3.05, 3.63) is 27.7 Å². The second-order valence-corrected chi connectivity index (χ2v) is 9.12. The van der Waals surface area contributed by atoms with Crippen LogP contribution < -0.4 is 5.32 Å². The van der Waals surface area contributed by atoms with E-state index in [0.29, 0.717) is 0 Å². The van der Waals surface area contributed by atoms with E-state index >= 15 is 0 Å². The Balaban J connectivity index is 3.24. The number of carbonyl (C=O) groups is 1. The fourth-order valence-electron chi connectivity index (χ4n) is 1.36. The van der Waals surface area contributed by atoms with Crippen molar-refractivity contribution >= 4 is 48.8 Å². The highest BCUT2D eigenvalue weighted by atomic mass is 35.7. The molecule has 118 valence electrons. The third-order valence-corrected chi connectivity index (χ3v) is 5.31. The normalized spacial score (nSPS) is 13.9. The Morgan fingerprint density at radius 2 is 1.76 bits per heavy atom. The number of hydrogen-bond donors (Lipinski definition) is 1. The SMILES string of the molecule is CC(NC(=O)c1cc(S(=O)(=O)Cl)cc(Cl)c1Cl)C(C)(C)C. The van der Waals surface area contributed by atoms with Gasteiger partial charge in [0.2, 0.25) is 0 Å². The molecule has 1 atom stereocenters. The van der Waals surface area contributed by atoms with Gasteiger partial charge < -0.3 is 5.32 Å². The molecule has 0 radical (unpaired) electrons. The van der Waals surface area contributed by atoms with E-state index in [9.17, 15) is 13.2 Å². The molecule has 0 spiro atoms. The van der Waals surface area contributed by atoms with E-state index in [1.807, 2.05) is 27.7 Å². The number of hydrogen-bond acceptors (Lipinski definition) is 3. The van der Waals surface area contributed by atoms with Crippen molar-refractivity contribution in [3.8, 4) is 0 Å². The van der Waals surface area contributed by atoms with E-state index in [4.69, 9.17) is 33.9 Å². The van der Waals surface area contributed by atoms with Crippen LogP contribution in [0.15, 0.2) is 17.0 Å². The van der Waals surface area contributed by atoms with Crippen molar-refractivity contribution in [2.45, 2.75) is 38.6 Å². The van der Waals surface area contributed by atoms with Crippen molar-refractivity contribution in [1.29, 1.82) is 0 Å². The molecule has 0 heterocycles. The van der Waals surface area contributed by atoms with Crippen molar-refractivity contribution in [1.82, 2.24) is 5.32 Å². The summed E-state index contributed by atoms with van der Waals surface area (Å²) in [6.45, 7) is 7.74. The zero-order valence-corrected chi connectivity index (χ0v) is 15.1. The first kappa shape index (κ1) is 18.6. The minimum Gasteiger partial charge on any atom is -0.349 e. The summed E-state index contributed by atoms with van der Waals surface area (Å²) in [5.41, 5.74) is -0.193. The van der Waals surface area contributed by atoms with E-state index in [1.165, 1.54) is 0 Å². The van der Waals surface area contributed by atoms with E-state index in [2.05, 4.69) is 5.32 Å². The first-order valence-electron chi connectivity index (χ1n) is 6.08. The molecule has 1 amide bonds. The largest absolute Gasteiger partial charge is 0.349 e. The van der Waals surface area contributed by atoms with Gasteiger partial charge in [-0.2, -0.15) is 0 Å².